The molecule has 0 radical (unpaired) electrons. The summed E-state index contributed by atoms with van der Waals surface area (Å²) in [5.74, 6) is 1.35. The number of rotatable bonds is 1. The van der Waals surface area contributed by atoms with Crippen molar-refractivity contribution in [2.45, 2.75) is 97.7 Å². The van der Waals surface area contributed by atoms with E-state index in [-0.39, 0.29) is 11.3 Å². The van der Waals surface area contributed by atoms with Crippen LogP contribution in [-0.4, -0.2) is 34.9 Å². The lowest BCUT2D eigenvalue weighted by Gasteiger charge is -2.67. The monoisotopic (exact) mass is 418 g/mol. The minimum atomic E-state index is -1.24. The average Bonchev–Trinajstić information content (AvgIpc) is 2.99. The van der Waals surface area contributed by atoms with Crippen LogP contribution >= 0.6 is 0 Å². The van der Waals surface area contributed by atoms with Crippen LogP contribution in [0.3, 0.4) is 0 Å². The molecule has 3 aliphatic carbocycles. The van der Waals surface area contributed by atoms with E-state index in [4.69, 9.17) is 9.47 Å². The number of aliphatic hydroxyl groups is 2. The Kier molecular flexibility index (Phi) is 4.75. The first-order valence-electron chi connectivity index (χ1n) is 12.0. The number of aliphatic hydroxyl groups excluding tert-OH is 2. The Bertz CT molecular complexity index is 759. The molecule has 2 heterocycles. The van der Waals surface area contributed by atoms with Crippen molar-refractivity contribution in [1.82, 2.24) is 0 Å². The molecule has 0 amide bonds. The maximum Gasteiger partial charge on any atom is 0.333 e. The number of hydrogen-bond donors (Lipinski definition) is 2. The van der Waals surface area contributed by atoms with Gasteiger partial charge in [0.1, 0.15) is 0 Å². The summed E-state index contributed by atoms with van der Waals surface area (Å²) in [6.07, 6.45) is 8.13. The van der Waals surface area contributed by atoms with Crippen LogP contribution in [-0.2, 0) is 14.3 Å². The SMILES string of the molecule is CC1(C)CCC[C@@]2(C)C1CC[C@@]1(C)[C@@H]3C[C@H](C4=CC(=O)O[C@H]4O)O[C@H](O)[C@H]3CC[C@@H]12. The van der Waals surface area contributed by atoms with Crippen molar-refractivity contribution in [3.8, 4) is 0 Å². The zero-order valence-corrected chi connectivity index (χ0v) is 18.9. The van der Waals surface area contributed by atoms with Crippen molar-refractivity contribution in [3.05, 3.63) is 11.6 Å². The van der Waals surface area contributed by atoms with E-state index in [2.05, 4.69) is 27.7 Å². The van der Waals surface area contributed by atoms with Gasteiger partial charge in [0.15, 0.2) is 6.29 Å². The van der Waals surface area contributed by atoms with Gasteiger partial charge < -0.3 is 19.7 Å². The van der Waals surface area contributed by atoms with Crippen LogP contribution < -0.4 is 0 Å². The summed E-state index contributed by atoms with van der Waals surface area (Å²) < 4.78 is 10.8. The van der Waals surface area contributed by atoms with Crippen molar-refractivity contribution in [2.75, 3.05) is 0 Å². The Hall–Kier alpha value is -0.910. The Labute approximate surface area is 180 Å². The average molecular weight is 419 g/mol. The van der Waals surface area contributed by atoms with Crippen LogP contribution in [0.5, 0.6) is 0 Å². The summed E-state index contributed by atoms with van der Waals surface area (Å²) in [7, 11) is 0. The fourth-order valence-electron chi connectivity index (χ4n) is 9.07. The van der Waals surface area contributed by atoms with Crippen molar-refractivity contribution in [1.29, 1.82) is 0 Å². The highest BCUT2D eigenvalue weighted by Gasteiger charge is 2.63. The summed E-state index contributed by atoms with van der Waals surface area (Å²) in [5.41, 5.74) is 1.38. The van der Waals surface area contributed by atoms with Crippen molar-refractivity contribution < 1.29 is 24.5 Å². The first kappa shape index (κ1) is 21.0. The van der Waals surface area contributed by atoms with Gasteiger partial charge >= 0.3 is 5.97 Å². The molecule has 5 aliphatic rings. The Morgan fingerprint density at radius 1 is 0.967 bits per heavy atom. The standard InChI is InChI=1S/C25H38O5/c1-23(2)9-5-10-25(4)18(23)8-11-24(3)16-13-17(15-12-20(26)30-22(15)28)29-21(27)14(16)6-7-19(24)25/h12,14,16-19,21-22,27-28H,5-11,13H2,1-4H3/t14-,16+,17+,18?,19-,21-,22+,24-,25-/m0/s1. The van der Waals surface area contributed by atoms with Crippen molar-refractivity contribution in [2.24, 2.45) is 39.9 Å². The highest BCUT2D eigenvalue weighted by atomic mass is 16.6. The summed E-state index contributed by atoms with van der Waals surface area (Å²) >= 11 is 0. The number of hydrogen-bond acceptors (Lipinski definition) is 5. The van der Waals surface area contributed by atoms with Crippen LogP contribution in [0.1, 0.15) is 79.1 Å². The molecular formula is C25H38O5. The van der Waals surface area contributed by atoms with Gasteiger partial charge in [0.25, 0.3) is 0 Å². The third-order valence-corrected chi connectivity index (χ3v) is 10.3. The predicted octanol–water partition coefficient (Wildman–Crippen LogP) is 4.17. The first-order chi connectivity index (χ1) is 14.1. The van der Waals surface area contributed by atoms with Crippen molar-refractivity contribution in [3.63, 3.8) is 0 Å². The smallest absolute Gasteiger partial charge is 0.333 e. The van der Waals surface area contributed by atoms with Gasteiger partial charge in [0, 0.05) is 17.6 Å². The van der Waals surface area contributed by atoms with Crippen LogP contribution in [0.15, 0.2) is 11.6 Å². The van der Waals surface area contributed by atoms with E-state index in [1.54, 1.807) is 0 Å². The second kappa shape index (κ2) is 6.79. The highest BCUT2D eigenvalue weighted by molar-refractivity contribution is 5.85. The molecule has 0 aromatic heterocycles. The second-order valence-electron chi connectivity index (χ2n) is 12.0. The number of carbonyl (C=O) groups is 1. The van der Waals surface area contributed by atoms with Gasteiger partial charge in [0.2, 0.25) is 6.29 Å². The third kappa shape index (κ3) is 2.87. The summed E-state index contributed by atoms with van der Waals surface area (Å²) in [5, 5.41) is 21.1. The molecule has 5 rings (SSSR count). The molecule has 0 bridgehead atoms. The molecule has 5 nitrogen and oxygen atoms in total. The molecule has 0 aromatic rings. The van der Waals surface area contributed by atoms with E-state index in [0.29, 0.717) is 28.2 Å². The molecule has 1 unspecified atom stereocenters. The lowest BCUT2D eigenvalue weighted by Crippen LogP contribution is -2.62. The highest BCUT2D eigenvalue weighted by Crippen LogP contribution is 2.70. The molecule has 4 fully saturated rings. The van der Waals surface area contributed by atoms with Gasteiger partial charge in [0.05, 0.1) is 6.10 Å². The van der Waals surface area contributed by atoms with Crippen LogP contribution in [0.2, 0.25) is 0 Å². The van der Waals surface area contributed by atoms with Crippen LogP contribution in [0.4, 0.5) is 0 Å². The fraction of sp³-hybridized carbons (Fsp3) is 0.880. The molecule has 2 N–H and O–H groups in total. The lowest BCUT2D eigenvalue weighted by molar-refractivity contribution is -0.263. The zero-order valence-electron chi connectivity index (χ0n) is 18.9. The quantitative estimate of drug-likeness (QED) is 0.625. The zero-order chi connectivity index (χ0) is 21.5. The summed E-state index contributed by atoms with van der Waals surface area (Å²) in [6, 6.07) is 0. The first-order valence-corrected chi connectivity index (χ1v) is 12.0. The molecule has 2 aliphatic heterocycles. The Morgan fingerprint density at radius 2 is 1.73 bits per heavy atom. The number of cyclic esters (lactones) is 1. The Morgan fingerprint density at radius 3 is 2.43 bits per heavy atom. The largest absolute Gasteiger partial charge is 0.429 e. The summed E-state index contributed by atoms with van der Waals surface area (Å²) in [4.78, 5) is 11.6. The topological polar surface area (TPSA) is 76.0 Å². The van der Waals surface area contributed by atoms with E-state index < -0.39 is 24.7 Å². The van der Waals surface area contributed by atoms with Crippen LogP contribution in [0, 0.1) is 39.9 Å². The number of esters is 1. The maximum absolute atomic E-state index is 11.6. The van der Waals surface area contributed by atoms with Gasteiger partial charge in [-0.3, -0.25) is 0 Å². The Balaban J connectivity index is 1.47. The molecule has 3 saturated carbocycles. The number of carbonyl (C=O) groups excluding carboxylic acids is 1. The number of ether oxygens (including phenoxy) is 2. The van der Waals surface area contributed by atoms with Gasteiger partial charge in [-0.2, -0.15) is 0 Å². The van der Waals surface area contributed by atoms with Crippen molar-refractivity contribution >= 4 is 5.97 Å². The van der Waals surface area contributed by atoms with E-state index in [1.807, 2.05) is 0 Å². The van der Waals surface area contributed by atoms with E-state index in [0.717, 1.165) is 18.8 Å². The van der Waals surface area contributed by atoms with Gasteiger partial charge in [-0.25, -0.2) is 4.79 Å². The lowest BCUT2D eigenvalue weighted by atomic mass is 9.38. The van der Waals surface area contributed by atoms with Crippen LogP contribution in [0.25, 0.3) is 0 Å². The molecule has 0 spiro atoms. The molecule has 1 saturated heterocycles. The fourth-order valence-corrected chi connectivity index (χ4v) is 9.07. The molecule has 0 aromatic carbocycles. The van der Waals surface area contributed by atoms with Gasteiger partial charge in [-0.05, 0) is 78.9 Å². The molecular weight excluding hydrogens is 380 g/mol. The minimum Gasteiger partial charge on any atom is -0.429 e. The second-order valence-corrected chi connectivity index (χ2v) is 12.0. The molecule has 9 atom stereocenters. The van der Waals surface area contributed by atoms with Gasteiger partial charge in [-0.1, -0.05) is 34.1 Å². The normalized spacial score (nSPS) is 52.5. The summed E-state index contributed by atoms with van der Waals surface area (Å²) in [6.45, 7) is 9.98. The van der Waals surface area contributed by atoms with Gasteiger partial charge in [-0.15, -0.1) is 0 Å². The van der Waals surface area contributed by atoms with E-state index in [9.17, 15) is 15.0 Å². The predicted molar refractivity (Wildman–Crippen MR) is 112 cm³/mol. The molecule has 30 heavy (non-hydrogen) atoms. The third-order valence-electron chi connectivity index (χ3n) is 10.3. The van der Waals surface area contributed by atoms with E-state index >= 15 is 0 Å². The minimum absolute atomic E-state index is 0.134. The van der Waals surface area contributed by atoms with E-state index in [1.165, 1.54) is 44.6 Å². The molecule has 5 heteroatoms. The molecule has 168 valence electrons. The number of fused-ring (bicyclic) bond motifs is 5. The maximum atomic E-state index is 11.6.